The lowest BCUT2D eigenvalue weighted by molar-refractivity contribution is -0.133. The molecule has 23 heavy (non-hydrogen) atoms. The average molecular weight is 319 g/mol. The lowest BCUT2D eigenvalue weighted by Crippen LogP contribution is -2.40. The van der Waals surface area contributed by atoms with Gasteiger partial charge < -0.3 is 10.2 Å². The Morgan fingerprint density at radius 2 is 2.04 bits per heavy atom. The quantitative estimate of drug-likeness (QED) is 0.852. The number of rotatable bonds is 6. The van der Waals surface area contributed by atoms with Crippen LogP contribution < -0.4 is 5.32 Å². The van der Waals surface area contributed by atoms with Gasteiger partial charge in [0.1, 0.15) is 25.0 Å². The Morgan fingerprint density at radius 3 is 2.65 bits per heavy atom. The third-order valence-electron chi connectivity index (χ3n) is 3.54. The number of carbonyl (C=O) groups is 2. The van der Waals surface area contributed by atoms with Crippen LogP contribution in [-0.2, 0) is 16.1 Å². The molecular formula is C15H18FN5O2. The van der Waals surface area contributed by atoms with Crippen molar-refractivity contribution in [1.82, 2.24) is 25.0 Å². The van der Waals surface area contributed by atoms with Gasteiger partial charge in [-0.05, 0) is 24.6 Å². The summed E-state index contributed by atoms with van der Waals surface area (Å²) in [5.41, 5.74) is 0.816. The van der Waals surface area contributed by atoms with Gasteiger partial charge in [0, 0.05) is 7.05 Å². The van der Waals surface area contributed by atoms with Gasteiger partial charge in [-0.2, -0.15) is 5.10 Å². The van der Waals surface area contributed by atoms with Crippen molar-refractivity contribution < 1.29 is 14.0 Å². The Hall–Kier alpha value is -2.77. The van der Waals surface area contributed by atoms with Gasteiger partial charge in [-0.25, -0.2) is 14.1 Å². The van der Waals surface area contributed by atoms with Crippen molar-refractivity contribution in [3.63, 3.8) is 0 Å². The van der Waals surface area contributed by atoms with Crippen molar-refractivity contribution in [2.45, 2.75) is 19.5 Å². The maximum atomic E-state index is 12.9. The summed E-state index contributed by atoms with van der Waals surface area (Å²) in [6.07, 6.45) is 2.75. The molecule has 0 aliphatic rings. The number of hydrogen-bond acceptors (Lipinski definition) is 4. The number of halogens is 1. The molecule has 1 aromatic carbocycles. The fraction of sp³-hybridized carbons (Fsp3) is 0.333. The van der Waals surface area contributed by atoms with Crippen LogP contribution in [0.5, 0.6) is 0 Å². The number of nitrogens with one attached hydrogen (secondary N) is 1. The molecule has 8 heteroatoms. The lowest BCUT2D eigenvalue weighted by atomic mass is 10.1. The Morgan fingerprint density at radius 1 is 1.35 bits per heavy atom. The van der Waals surface area contributed by atoms with E-state index >= 15 is 0 Å². The first-order valence-corrected chi connectivity index (χ1v) is 7.07. The molecule has 0 saturated carbocycles. The largest absolute Gasteiger partial charge is 0.345 e. The van der Waals surface area contributed by atoms with Gasteiger partial charge in [-0.1, -0.05) is 12.1 Å². The first-order chi connectivity index (χ1) is 11.0. The molecule has 0 spiro atoms. The Balaban J connectivity index is 1.84. The van der Waals surface area contributed by atoms with Gasteiger partial charge in [0.25, 0.3) is 0 Å². The van der Waals surface area contributed by atoms with Crippen LogP contribution in [-0.4, -0.2) is 45.1 Å². The predicted octanol–water partition coefficient (Wildman–Crippen LogP) is 0.753. The zero-order chi connectivity index (χ0) is 16.8. The summed E-state index contributed by atoms with van der Waals surface area (Å²) in [5, 5.41) is 6.35. The van der Waals surface area contributed by atoms with Crippen molar-refractivity contribution in [2.75, 3.05) is 13.6 Å². The second kappa shape index (κ2) is 7.48. The summed E-state index contributed by atoms with van der Waals surface area (Å²) in [6, 6.07) is 5.74. The summed E-state index contributed by atoms with van der Waals surface area (Å²) in [5.74, 6) is -0.893. The van der Waals surface area contributed by atoms with Crippen LogP contribution >= 0.6 is 0 Å². The molecule has 1 heterocycles. The molecule has 1 atom stereocenters. The number of hydrogen-bond donors (Lipinski definition) is 1. The molecule has 0 fully saturated rings. The maximum Gasteiger partial charge on any atom is 0.242 e. The minimum atomic E-state index is -0.327. The van der Waals surface area contributed by atoms with E-state index in [2.05, 4.69) is 15.4 Å². The van der Waals surface area contributed by atoms with Gasteiger partial charge in [0.15, 0.2) is 0 Å². The number of nitrogens with zero attached hydrogens (tertiary/aromatic N) is 4. The average Bonchev–Trinajstić information content (AvgIpc) is 3.04. The molecular weight excluding hydrogens is 301 g/mol. The second-order valence-corrected chi connectivity index (χ2v) is 5.10. The van der Waals surface area contributed by atoms with Crippen LogP contribution in [0.4, 0.5) is 4.39 Å². The van der Waals surface area contributed by atoms with E-state index in [1.807, 2.05) is 6.92 Å². The molecule has 0 radical (unpaired) electrons. The highest BCUT2D eigenvalue weighted by molar-refractivity contribution is 5.84. The Labute approximate surface area is 133 Å². The summed E-state index contributed by atoms with van der Waals surface area (Å²) >= 11 is 0. The third-order valence-corrected chi connectivity index (χ3v) is 3.54. The lowest BCUT2D eigenvalue weighted by Gasteiger charge is -2.25. The van der Waals surface area contributed by atoms with Crippen molar-refractivity contribution in [2.24, 2.45) is 0 Å². The van der Waals surface area contributed by atoms with Gasteiger partial charge >= 0.3 is 0 Å². The van der Waals surface area contributed by atoms with E-state index in [-0.39, 0.29) is 36.8 Å². The fourth-order valence-corrected chi connectivity index (χ4v) is 2.00. The van der Waals surface area contributed by atoms with E-state index < -0.39 is 0 Å². The SMILES string of the molecule is C[C@@H](c1ccc(F)cc1)N(C)C(=O)CNC(=O)Cn1cncn1. The molecule has 2 aromatic rings. The van der Waals surface area contributed by atoms with Crippen molar-refractivity contribution in [3.8, 4) is 0 Å². The Kier molecular flexibility index (Phi) is 5.40. The molecule has 7 nitrogen and oxygen atoms in total. The molecule has 1 N–H and O–H groups in total. The molecule has 0 aliphatic heterocycles. The fourth-order valence-electron chi connectivity index (χ4n) is 2.00. The van der Waals surface area contributed by atoms with Gasteiger partial charge in [-0.15, -0.1) is 0 Å². The molecule has 0 aliphatic carbocycles. The number of benzene rings is 1. The molecule has 0 unspecified atom stereocenters. The van der Waals surface area contributed by atoms with E-state index in [0.717, 1.165) is 5.56 Å². The highest BCUT2D eigenvalue weighted by Crippen LogP contribution is 2.18. The highest BCUT2D eigenvalue weighted by Gasteiger charge is 2.18. The van der Waals surface area contributed by atoms with E-state index in [1.165, 1.54) is 34.4 Å². The van der Waals surface area contributed by atoms with Crippen LogP contribution in [0.15, 0.2) is 36.9 Å². The van der Waals surface area contributed by atoms with Crippen molar-refractivity contribution in [1.29, 1.82) is 0 Å². The second-order valence-electron chi connectivity index (χ2n) is 5.10. The van der Waals surface area contributed by atoms with Crippen LogP contribution in [0.1, 0.15) is 18.5 Å². The topological polar surface area (TPSA) is 80.1 Å². The minimum Gasteiger partial charge on any atom is -0.345 e. The van der Waals surface area contributed by atoms with Crippen molar-refractivity contribution >= 4 is 11.8 Å². The van der Waals surface area contributed by atoms with Gasteiger partial charge in [0.2, 0.25) is 11.8 Å². The van der Waals surface area contributed by atoms with E-state index in [4.69, 9.17) is 0 Å². The molecule has 2 rings (SSSR count). The first kappa shape index (κ1) is 16.6. The third kappa shape index (κ3) is 4.60. The highest BCUT2D eigenvalue weighted by atomic mass is 19.1. The number of likely N-dealkylation sites (N-methyl/N-ethyl adjacent to an activating group) is 1. The van der Waals surface area contributed by atoms with Crippen LogP contribution in [0.25, 0.3) is 0 Å². The zero-order valence-electron chi connectivity index (χ0n) is 12.9. The summed E-state index contributed by atoms with van der Waals surface area (Å²) in [7, 11) is 1.64. The smallest absolute Gasteiger partial charge is 0.242 e. The number of carbonyl (C=O) groups excluding carboxylic acids is 2. The summed E-state index contributed by atoms with van der Waals surface area (Å²) < 4.78 is 14.3. The minimum absolute atomic E-state index is 0.00447. The maximum absolute atomic E-state index is 12.9. The number of amides is 2. The molecule has 2 amide bonds. The van der Waals surface area contributed by atoms with Gasteiger partial charge in [0.05, 0.1) is 12.6 Å². The normalized spacial score (nSPS) is 11.8. The first-order valence-electron chi connectivity index (χ1n) is 7.07. The molecule has 0 saturated heterocycles. The summed E-state index contributed by atoms with van der Waals surface area (Å²) in [4.78, 5) is 29.1. The van der Waals surface area contributed by atoms with Crippen LogP contribution in [0.3, 0.4) is 0 Å². The molecule has 122 valence electrons. The van der Waals surface area contributed by atoms with Gasteiger partial charge in [-0.3, -0.25) is 9.59 Å². The van der Waals surface area contributed by atoms with E-state index in [9.17, 15) is 14.0 Å². The van der Waals surface area contributed by atoms with Crippen LogP contribution in [0, 0.1) is 5.82 Å². The number of aromatic nitrogens is 3. The summed E-state index contributed by atoms with van der Waals surface area (Å²) in [6.45, 7) is 1.72. The van der Waals surface area contributed by atoms with E-state index in [0.29, 0.717) is 0 Å². The predicted molar refractivity (Wildman–Crippen MR) is 80.6 cm³/mol. The van der Waals surface area contributed by atoms with Crippen molar-refractivity contribution in [3.05, 3.63) is 48.3 Å². The Bertz CT molecular complexity index is 657. The monoisotopic (exact) mass is 319 g/mol. The molecule has 0 bridgehead atoms. The molecule has 1 aromatic heterocycles. The van der Waals surface area contributed by atoms with Crippen LogP contribution in [0.2, 0.25) is 0 Å². The van der Waals surface area contributed by atoms with E-state index in [1.54, 1.807) is 19.2 Å². The zero-order valence-corrected chi connectivity index (χ0v) is 12.9. The standard InChI is InChI=1S/C15H18FN5O2/c1-11(12-3-5-13(16)6-4-12)20(2)15(23)7-18-14(22)8-21-10-17-9-19-21/h3-6,9-11H,7-8H2,1-2H3,(H,18,22)/t11-/m0/s1.